The molecule has 4 aromatic rings. The molecule has 0 aliphatic carbocycles. The number of aromatic amines is 1. The molecule has 2 heterocycles. The minimum absolute atomic E-state index is 0.572. The van der Waals surface area contributed by atoms with E-state index < -0.39 is 11.7 Å². The van der Waals surface area contributed by atoms with E-state index in [1.165, 1.54) is 12.1 Å². The van der Waals surface area contributed by atoms with Gasteiger partial charge in [-0.2, -0.15) is 18.3 Å². The summed E-state index contributed by atoms with van der Waals surface area (Å²) in [7, 11) is 0. The number of benzene rings is 2. The molecule has 0 spiro atoms. The van der Waals surface area contributed by atoms with Gasteiger partial charge >= 0.3 is 6.18 Å². The third-order valence-electron chi connectivity index (χ3n) is 3.99. The predicted octanol–water partition coefficient (Wildman–Crippen LogP) is 5.39. The molecular weight excluding hydrogens is 341 g/mol. The summed E-state index contributed by atoms with van der Waals surface area (Å²) < 4.78 is 38.4. The van der Waals surface area contributed by atoms with Crippen molar-refractivity contribution in [2.45, 2.75) is 6.18 Å². The van der Waals surface area contributed by atoms with Gasteiger partial charge in [0.2, 0.25) is 0 Å². The van der Waals surface area contributed by atoms with Crippen molar-refractivity contribution in [3.05, 3.63) is 72.4 Å². The van der Waals surface area contributed by atoms with Crippen molar-refractivity contribution in [2.24, 2.45) is 0 Å². The Balaban J connectivity index is 1.82. The SMILES string of the molecule is FC(F)(F)c1ccc(-c2nc(Nc3ccn[nH]3)cc3ccccc23)cc1. The van der Waals surface area contributed by atoms with Crippen LogP contribution in [0.1, 0.15) is 5.56 Å². The molecule has 0 atom stereocenters. The summed E-state index contributed by atoms with van der Waals surface area (Å²) in [5.41, 5.74) is 0.540. The Hall–Kier alpha value is -3.35. The molecule has 130 valence electrons. The summed E-state index contributed by atoms with van der Waals surface area (Å²) in [6.07, 6.45) is -2.75. The quantitative estimate of drug-likeness (QED) is 0.519. The lowest BCUT2D eigenvalue weighted by Gasteiger charge is -2.12. The molecule has 0 radical (unpaired) electrons. The molecule has 0 fully saturated rings. The van der Waals surface area contributed by atoms with E-state index in [2.05, 4.69) is 20.5 Å². The molecule has 0 saturated carbocycles. The highest BCUT2D eigenvalue weighted by Gasteiger charge is 2.30. The van der Waals surface area contributed by atoms with Gasteiger partial charge < -0.3 is 5.32 Å². The number of aromatic nitrogens is 3. The number of halogens is 3. The number of nitrogens with one attached hydrogen (secondary N) is 2. The normalized spacial score (nSPS) is 11.7. The van der Waals surface area contributed by atoms with E-state index in [0.717, 1.165) is 22.9 Å². The predicted molar refractivity (Wildman–Crippen MR) is 94.1 cm³/mol. The van der Waals surface area contributed by atoms with Gasteiger partial charge in [-0.3, -0.25) is 5.10 Å². The Bertz CT molecular complexity index is 1040. The van der Waals surface area contributed by atoms with E-state index in [1.54, 1.807) is 12.3 Å². The van der Waals surface area contributed by atoms with Crippen molar-refractivity contribution >= 4 is 22.4 Å². The zero-order chi connectivity index (χ0) is 18.1. The summed E-state index contributed by atoms with van der Waals surface area (Å²) in [6, 6.07) is 16.3. The van der Waals surface area contributed by atoms with Crippen molar-refractivity contribution < 1.29 is 13.2 Å². The maximum absolute atomic E-state index is 12.8. The summed E-state index contributed by atoms with van der Waals surface area (Å²) >= 11 is 0. The Morgan fingerprint density at radius 2 is 1.69 bits per heavy atom. The van der Waals surface area contributed by atoms with Crippen LogP contribution in [0.15, 0.2) is 66.9 Å². The summed E-state index contributed by atoms with van der Waals surface area (Å²) in [5.74, 6) is 1.24. The molecule has 0 unspecified atom stereocenters. The van der Waals surface area contributed by atoms with Gasteiger partial charge in [-0.25, -0.2) is 4.98 Å². The summed E-state index contributed by atoms with van der Waals surface area (Å²) in [4.78, 5) is 4.60. The van der Waals surface area contributed by atoms with Gasteiger partial charge in [0.15, 0.2) is 0 Å². The number of anilines is 2. The van der Waals surface area contributed by atoms with Gasteiger partial charge in [-0.1, -0.05) is 36.4 Å². The molecule has 0 saturated heterocycles. The minimum atomic E-state index is -4.36. The number of pyridine rings is 1. The highest BCUT2D eigenvalue weighted by molar-refractivity contribution is 5.96. The van der Waals surface area contributed by atoms with Crippen molar-refractivity contribution in [3.63, 3.8) is 0 Å². The van der Waals surface area contributed by atoms with Gasteiger partial charge in [-0.15, -0.1) is 0 Å². The first-order valence-corrected chi connectivity index (χ1v) is 7.84. The van der Waals surface area contributed by atoms with E-state index in [4.69, 9.17) is 0 Å². The molecule has 26 heavy (non-hydrogen) atoms. The van der Waals surface area contributed by atoms with Gasteiger partial charge in [0.25, 0.3) is 0 Å². The average Bonchev–Trinajstić information content (AvgIpc) is 3.13. The van der Waals surface area contributed by atoms with Crippen molar-refractivity contribution in [1.82, 2.24) is 15.2 Å². The lowest BCUT2D eigenvalue weighted by atomic mass is 10.0. The lowest BCUT2D eigenvalue weighted by molar-refractivity contribution is -0.137. The molecule has 2 aromatic heterocycles. The number of hydrogen-bond acceptors (Lipinski definition) is 3. The summed E-state index contributed by atoms with van der Waals surface area (Å²) in [5, 5.41) is 11.6. The topological polar surface area (TPSA) is 53.6 Å². The number of rotatable bonds is 3. The first-order valence-electron chi connectivity index (χ1n) is 7.84. The zero-order valence-corrected chi connectivity index (χ0v) is 13.4. The fourth-order valence-electron chi connectivity index (χ4n) is 2.76. The molecule has 4 nitrogen and oxygen atoms in total. The van der Waals surface area contributed by atoms with Crippen LogP contribution in [0, 0.1) is 0 Å². The molecule has 2 N–H and O–H groups in total. The maximum Gasteiger partial charge on any atom is 0.416 e. The summed E-state index contributed by atoms with van der Waals surface area (Å²) in [6.45, 7) is 0. The van der Waals surface area contributed by atoms with Crippen LogP contribution in [0.2, 0.25) is 0 Å². The van der Waals surface area contributed by atoms with Gasteiger partial charge in [0, 0.05) is 17.0 Å². The van der Waals surface area contributed by atoms with Crippen LogP contribution in [0.25, 0.3) is 22.0 Å². The van der Waals surface area contributed by atoms with Crippen LogP contribution in [0.5, 0.6) is 0 Å². The average molecular weight is 354 g/mol. The molecular formula is C19H13F3N4. The zero-order valence-electron chi connectivity index (χ0n) is 13.4. The molecule has 0 aliphatic heterocycles. The van der Waals surface area contributed by atoms with Crippen LogP contribution in [0.3, 0.4) is 0 Å². The van der Waals surface area contributed by atoms with Crippen molar-refractivity contribution in [3.8, 4) is 11.3 Å². The Kier molecular flexibility index (Phi) is 3.84. The van der Waals surface area contributed by atoms with Crippen LogP contribution < -0.4 is 5.32 Å². The Morgan fingerprint density at radius 3 is 2.38 bits per heavy atom. The van der Waals surface area contributed by atoms with Gasteiger partial charge in [-0.05, 0) is 23.6 Å². The number of alkyl halides is 3. The van der Waals surface area contributed by atoms with E-state index in [-0.39, 0.29) is 0 Å². The second-order valence-electron chi connectivity index (χ2n) is 5.75. The second kappa shape index (κ2) is 6.18. The molecule has 0 aliphatic rings. The van der Waals surface area contributed by atoms with Crippen LogP contribution in [0.4, 0.5) is 24.8 Å². The van der Waals surface area contributed by atoms with E-state index in [1.807, 2.05) is 30.3 Å². The molecule has 0 amide bonds. The maximum atomic E-state index is 12.8. The smallest absolute Gasteiger partial charge is 0.325 e. The largest absolute Gasteiger partial charge is 0.416 e. The second-order valence-corrected chi connectivity index (χ2v) is 5.75. The first-order chi connectivity index (χ1) is 12.5. The standard InChI is InChI=1S/C19H13F3N4/c20-19(21,22)14-7-5-12(6-8-14)18-15-4-2-1-3-13(15)11-17(25-18)24-16-9-10-23-26-16/h1-11H,(H2,23,24,25,26). The highest BCUT2D eigenvalue weighted by Crippen LogP contribution is 2.33. The van der Waals surface area contributed by atoms with Crippen LogP contribution >= 0.6 is 0 Å². The van der Waals surface area contributed by atoms with E-state index >= 15 is 0 Å². The number of nitrogens with zero attached hydrogens (tertiary/aromatic N) is 2. The molecule has 7 heteroatoms. The van der Waals surface area contributed by atoms with E-state index in [0.29, 0.717) is 22.9 Å². The van der Waals surface area contributed by atoms with Gasteiger partial charge in [0.05, 0.1) is 17.5 Å². The third-order valence-corrected chi connectivity index (χ3v) is 3.99. The molecule has 2 aromatic carbocycles. The highest BCUT2D eigenvalue weighted by atomic mass is 19.4. The Morgan fingerprint density at radius 1 is 0.923 bits per heavy atom. The fourth-order valence-corrected chi connectivity index (χ4v) is 2.76. The number of hydrogen-bond donors (Lipinski definition) is 2. The fraction of sp³-hybridized carbons (Fsp3) is 0.0526. The Labute approximate surface area is 146 Å². The lowest BCUT2D eigenvalue weighted by Crippen LogP contribution is -2.04. The van der Waals surface area contributed by atoms with E-state index in [9.17, 15) is 13.2 Å². The minimum Gasteiger partial charge on any atom is -0.325 e. The third kappa shape index (κ3) is 3.11. The first kappa shape index (κ1) is 16.1. The molecule has 4 rings (SSSR count). The number of fused-ring (bicyclic) bond motifs is 1. The number of H-pyrrole nitrogens is 1. The molecule has 0 bridgehead atoms. The van der Waals surface area contributed by atoms with Gasteiger partial charge in [0.1, 0.15) is 11.6 Å². The monoisotopic (exact) mass is 354 g/mol. The van der Waals surface area contributed by atoms with Crippen LogP contribution in [-0.2, 0) is 6.18 Å². The van der Waals surface area contributed by atoms with Crippen molar-refractivity contribution in [1.29, 1.82) is 0 Å². The van der Waals surface area contributed by atoms with Crippen molar-refractivity contribution in [2.75, 3.05) is 5.32 Å². The van der Waals surface area contributed by atoms with Crippen LogP contribution in [-0.4, -0.2) is 15.2 Å².